The number of nitrogens with zero attached hydrogens (tertiary/aromatic N) is 2. The predicted molar refractivity (Wildman–Crippen MR) is 113 cm³/mol. The van der Waals surface area contributed by atoms with Gasteiger partial charge in [-0.25, -0.2) is 0 Å². The molecule has 2 aromatic rings. The van der Waals surface area contributed by atoms with Crippen LogP contribution < -0.4 is 39.2 Å². The average molecular weight is 453 g/mol. The molecule has 0 aromatic heterocycles. The second-order valence-corrected chi connectivity index (χ2v) is 7.02. The molecular formula is C23H30Cl2N2O3-2. The van der Waals surface area contributed by atoms with Crippen molar-refractivity contribution in [3.63, 3.8) is 0 Å². The highest BCUT2D eigenvalue weighted by molar-refractivity contribution is 5.58. The topological polar surface area (TPSA) is 45.2 Å². The minimum atomic E-state index is -0.519. The maximum atomic E-state index is 10.4. The van der Waals surface area contributed by atoms with Crippen LogP contribution >= 0.6 is 0 Å². The first-order valence-electron chi connectivity index (χ1n) is 9.81. The van der Waals surface area contributed by atoms with Crippen molar-refractivity contribution in [3.05, 3.63) is 66.7 Å². The molecule has 0 aliphatic carbocycles. The number of allylic oxidation sites excluding steroid dienone is 1. The van der Waals surface area contributed by atoms with Gasteiger partial charge in [-0.15, -0.1) is 6.58 Å². The minimum Gasteiger partial charge on any atom is -1.00 e. The van der Waals surface area contributed by atoms with E-state index in [4.69, 9.17) is 9.47 Å². The van der Waals surface area contributed by atoms with Crippen LogP contribution in [0.15, 0.2) is 61.2 Å². The van der Waals surface area contributed by atoms with E-state index in [0.29, 0.717) is 13.2 Å². The third-order valence-corrected chi connectivity index (χ3v) is 5.04. The SMILES string of the molecule is C=CCc1ccccc1OCC(O)CN1CCN(c2ccccc2OC)CC1.[Cl-].[Cl-]. The maximum absolute atomic E-state index is 10.4. The molecule has 0 saturated carbocycles. The van der Waals surface area contributed by atoms with E-state index >= 15 is 0 Å². The Morgan fingerprint density at radius 2 is 1.63 bits per heavy atom. The monoisotopic (exact) mass is 452 g/mol. The number of benzene rings is 2. The van der Waals surface area contributed by atoms with Crippen LogP contribution in [0.5, 0.6) is 11.5 Å². The number of piperazine rings is 1. The highest BCUT2D eigenvalue weighted by Crippen LogP contribution is 2.28. The lowest BCUT2D eigenvalue weighted by Crippen LogP contribution is -3.00. The molecule has 1 heterocycles. The fourth-order valence-electron chi connectivity index (χ4n) is 3.57. The second-order valence-electron chi connectivity index (χ2n) is 7.02. The van der Waals surface area contributed by atoms with E-state index < -0.39 is 6.10 Å². The first-order chi connectivity index (χ1) is 13.7. The first-order valence-corrected chi connectivity index (χ1v) is 9.81. The van der Waals surface area contributed by atoms with E-state index in [1.807, 2.05) is 48.5 Å². The van der Waals surface area contributed by atoms with Crippen molar-refractivity contribution in [2.24, 2.45) is 0 Å². The fraction of sp³-hybridized carbons (Fsp3) is 0.391. The van der Waals surface area contributed by atoms with Gasteiger partial charge in [0, 0.05) is 32.7 Å². The van der Waals surface area contributed by atoms with Gasteiger partial charge in [-0.1, -0.05) is 36.4 Å². The van der Waals surface area contributed by atoms with Crippen molar-refractivity contribution in [1.29, 1.82) is 0 Å². The van der Waals surface area contributed by atoms with Crippen LogP contribution in [0.3, 0.4) is 0 Å². The maximum Gasteiger partial charge on any atom is 0.142 e. The van der Waals surface area contributed by atoms with Crippen molar-refractivity contribution in [1.82, 2.24) is 4.90 Å². The number of rotatable bonds is 9. The minimum absolute atomic E-state index is 0. The Kier molecular flexibility index (Phi) is 11.7. The smallest absolute Gasteiger partial charge is 0.142 e. The number of β-amino-alcohol motifs (C(OH)–C–C–N with tert-alkyl or cyclic N) is 1. The van der Waals surface area contributed by atoms with Gasteiger partial charge in [-0.05, 0) is 30.2 Å². The average Bonchev–Trinajstić information content (AvgIpc) is 2.74. The summed E-state index contributed by atoms with van der Waals surface area (Å²) in [4.78, 5) is 4.62. The van der Waals surface area contributed by atoms with Gasteiger partial charge in [0.05, 0.1) is 12.8 Å². The zero-order valence-corrected chi connectivity index (χ0v) is 18.9. The third-order valence-electron chi connectivity index (χ3n) is 5.04. The van der Waals surface area contributed by atoms with Gasteiger partial charge in [0.15, 0.2) is 0 Å². The van der Waals surface area contributed by atoms with Crippen LogP contribution in [0.2, 0.25) is 0 Å². The normalized spacial score (nSPS) is 14.8. The van der Waals surface area contributed by atoms with Crippen LogP contribution in [0.1, 0.15) is 5.56 Å². The van der Waals surface area contributed by atoms with E-state index in [1.54, 1.807) is 7.11 Å². The molecule has 1 N–H and O–H groups in total. The fourth-order valence-corrected chi connectivity index (χ4v) is 3.57. The van der Waals surface area contributed by atoms with Gasteiger partial charge in [-0.2, -0.15) is 0 Å². The molecule has 1 atom stereocenters. The molecule has 1 aliphatic heterocycles. The van der Waals surface area contributed by atoms with Crippen LogP contribution in [0.25, 0.3) is 0 Å². The van der Waals surface area contributed by atoms with Crippen LogP contribution in [0, 0.1) is 0 Å². The third kappa shape index (κ3) is 7.10. The molecule has 5 nitrogen and oxygen atoms in total. The Bertz CT molecular complexity index is 768. The van der Waals surface area contributed by atoms with Crippen molar-refractivity contribution < 1.29 is 39.4 Å². The Balaban J connectivity index is 0.00000225. The molecule has 7 heteroatoms. The molecular weight excluding hydrogens is 423 g/mol. The number of halogens is 2. The number of hydrogen-bond donors (Lipinski definition) is 1. The molecule has 0 bridgehead atoms. The summed E-state index contributed by atoms with van der Waals surface area (Å²) >= 11 is 0. The van der Waals surface area contributed by atoms with Gasteiger partial charge >= 0.3 is 0 Å². The summed E-state index contributed by atoms with van der Waals surface area (Å²) in [6.07, 6.45) is 2.10. The molecule has 30 heavy (non-hydrogen) atoms. The van der Waals surface area contributed by atoms with Crippen molar-refractivity contribution in [3.8, 4) is 11.5 Å². The molecule has 166 valence electrons. The summed E-state index contributed by atoms with van der Waals surface area (Å²) in [7, 11) is 1.71. The lowest BCUT2D eigenvalue weighted by molar-refractivity contribution is -0.00100. The zero-order valence-electron chi connectivity index (χ0n) is 17.3. The number of aliphatic hydroxyl groups excluding tert-OH is 1. The van der Waals surface area contributed by atoms with Crippen LogP contribution in [0.4, 0.5) is 5.69 Å². The number of para-hydroxylation sites is 3. The van der Waals surface area contributed by atoms with E-state index in [9.17, 15) is 5.11 Å². The lowest BCUT2D eigenvalue weighted by Gasteiger charge is -2.37. The lowest BCUT2D eigenvalue weighted by atomic mass is 10.1. The summed E-state index contributed by atoms with van der Waals surface area (Å²) in [5.74, 6) is 1.73. The molecule has 1 fully saturated rings. The summed E-state index contributed by atoms with van der Waals surface area (Å²) in [5.41, 5.74) is 2.22. The van der Waals surface area contributed by atoms with Gasteiger partial charge < -0.3 is 44.3 Å². The van der Waals surface area contributed by atoms with Gasteiger partial charge in [-0.3, -0.25) is 4.90 Å². The summed E-state index contributed by atoms with van der Waals surface area (Å²) in [6, 6.07) is 16.0. The van der Waals surface area contributed by atoms with Gasteiger partial charge in [0.1, 0.15) is 24.2 Å². The molecule has 1 saturated heterocycles. The predicted octanol–water partition coefficient (Wildman–Crippen LogP) is -3.01. The molecule has 0 spiro atoms. The van der Waals surface area contributed by atoms with E-state index in [2.05, 4.69) is 22.4 Å². The van der Waals surface area contributed by atoms with Crippen molar-refractivity contribution in [2.45, 2.75) is 12.5 Å². The van der Waals surface area contributed by atoms with Gasteiger partial charge in [0.2, 0.25) is 0 Å². The Hall–Kier alpha value is -1.92. The zero-order chi connectivity index (χ0) is 19.8. The molecule has 0 radical (unpaired) electrons. The van der Waals surface area contributed by atoms with Crippen molar-refractivity contribution in [2.75, 3.05) is 51.3 Å². The molecule has 2 aromatic carbocycles. The highest BCUT2D eigenvalue weighted by Gasteiger charge is 2.21. The standard InChI is InChI=1S/C23H30N2O3.2ClH/c1-3-8-19-9-4-6-11-22(19)28-18-20(26)17-24-13-15-25(16-14-24)21-10-5-7-12-23(21)27-2;;/h3-7,9-12,20,26H,1,8,13-18H2,2H3;2*1H/p-2. The number of aliphatic hydroxyl groups is 1. The number of hydrogen-bond acceptors (Lipinski definition) is 5. The van der Waals surface area contributed by atoms with Crippen LogP contribution in [-0.2, 0) is 6.42 Å². The van der Waals surface area contributed by atoms with Gasteiger partial charge in [0.25, 0.3) is 0 Å². The Morgan fingerprint density at radius 1 is 1.00 bits per heavy atom. The molecule has 3 rings (SSSR count). The Labute approximate surface area is 192 Å². The van der Waals surface area contributed by atoms with E-state index in [0.717, 1.165) is 55.3 Å². The summed E-state index contributed by atoms with van der Waals surface area (Å²) in [5, 5.41) is 10.4. The summed E-state index contributed by atoms with van der Waals surface area (Å²) in [6.45, 7) is 8.33. The molecule has 1 unspecified atom stereocenters. The van der Waals surface area contributed by atoms with E-state index in [-0.39, 0.29) is 24.8 Å². The first kappa shape index (κ1) is 26.1. The number of ether oxygens (including phenoxy) is 2. The number of methoxy groups -OCH3 is 1. The summed E-state index contributed by atoms with van der Waals surface area (Å²) < 4.78 is 11.3. The number of anilines is 1. The second kappa shape index (κ2) is 13.4. The van der Waals surface area contributed by atoms with Crippen molar-refractivity contribution >= 4 is 5.69 Å². The van der Waals surface area contributed by atoms with Crippen LogP contribution in [-0.4, -0.2) is 62.6 Å². The highest BCUT2D eigenvalue weighted by atomic mass is 35.5. The molecule has 0 amide bonds. The quantitative estimate of drug-likeness (QED) is 0.410. The van der Waals surface area contributed by atoms with E-state index in [1.165, 1.54) is 0 Å². The Morgan fingerprint density at radius 3 is 2.30 bits per heavy atom. The largest absolute Gasteiger partial charge is 1.00 e. The molecule has 1 aliphatic rings.